The standard InChI is InChI=1S/C22H37FN2O3/c1-4-15-28-21-16-19(11-12-20(21)23)18(3)25-14-10-8-6-7-9-13-24-17-22(26)27-5-2/h11-12,16,18,24-25H,4-10,13-15,17H2,1-3H3/t18-/m0/s1. The van der Waals surface area contributed by atoms with Crippen LogP contribution in [-0.2, 0) is 9.53 Å². The summed E-state index contributed by atoms with van der Waals surface area (Å²) in [5, 5.41) is 6.60. The summed E-state index contributed by atoms with van der Waals surface area (Å²) in [6, 6.07) is 5.26. The first kappa shape index (κ1) is 24.4. The van der Waals surface area contributed by atoms with E-state index in [9.17, 15) is 9.18 Å². The minimum absolute atomic E-state index is 0.164. The molecule has 1 atom stereocenters. The number of unbranched alkanes of at least 4 members (excludes halogenated alkanes) is 4. The van der Waals surface area contributed by atoms with Crippen molar-refractivity contribution in [2.45, 2.75) is 65.3 Å². The Balaban J connectivity index is 2.09. The third-order valence-corrected chi connectivity index (χ3v) is 4.47. The van der Waals surface area contributed by atoms with Crippen LogP contribution >= 0.6 is 0 Å². The van der Waals surface area contributed by atoms with E-state index in [-0.39, 0.29) is 17.8 Å². The molecule has 1 aromatic carbocycles. The van der Waals surface area contributed by atoms with Gasteiger partial charge in [0.1, 0.15) is 0 Å². The maximum atomic E-state index is 13.8. The van der Waals surface area contributed by atoms with E-state index in [4.69, 9.17) is 9.47 Å². The Hall–Kier alpha value is -1.66. The number of nitrogens with one attached hydrogen (secondary N) is 2. The van der Waals surface area contributed by atoms with E-state index in [0.717, 1.165) is 44.3 Å². The van der Waals surface area contributed by atoms with Crippen molar-refractivity contribution >= 4 is 5.97 Å². The van der Waals surface area contributed by atoms with Crippen molar-refractivity contribution in [1.29, 1.82) is 0 Å². The van der Waals surface area contributed by atoms with Gasteiger partial charge in [-0.1, -0.05) is 32.3 Å². The van der Waals surface area contributed by atoms with Crippen molar-refractivity contribution in [2.24, 2.45) is 0 Å². The molecule has 0 aliphatic carbocycles. The molecular weight excluding hydrogens is 359 g/mol. The minimum atomic E-state index is -0.304. The second kappa shape index (κ2) is 15.3. The summed E-state index contributed by atoms with van der Waals surface area (Å²) in [5.74, 6) is -0.154. The average Bonchev–Trinajstić information content (AvgIpc) is 2.68. The summed E-state index contributed by atoms with van der Waals surface area (Å²) in [6.07, 6.45) is 6.55. The van der Waals surface area contributed by atoms with Crippen molar-refractivity contribution in [3.63, 3.8) is 0 Å². The molecule has 0 heterocycles. The fourth-order valence-corrected chi connectivity index (χ4v) is 2.86. The zero-order chi connectivity index (χ0) is 20.6. The fraction of sp³-hybridized carbons (Fsp3) is 0.682. The highest BCUT2D eigenvalue weighted by Crippen LogP contribution is 2.23. The lowest BCUT2D eigenvalue weighted by atomic mass is 10.1. The molecule has 0 aliphatic rings. The van der Waals surface area contributed by atoms with E-state index < -0.39 is 0 Å². The monoisotopic (exact) mass is 396 g/mol. The second-order valence-electron chi connectivity index (χ2n) is 6.96. The third kappa shape index (κ3) is 10.6. The first-order valence-electron chi connectivity index (χ1n) is 10.6. The van der Waals surface area contributed by atoms with Crippen LogP contribution < -0.4 is 15.4 Å². The number of halogens is 1. The number of benzene rings is 1. The van der Waals surface area contributed by atoms with Gasteiger partial charge in [0.25, 0.3) is 0 Å². The molecule has 6 heteroatoms. The largest absolute Gasteiger partial charge is 0.491 e. The van der Waals surface area contributed by atoms with Gasteiger partial charge in [0.15, 0.2) is 11.6 Å². The van der Waals surface area contributed by atoms with E-state index >= 15 is 0 Å². The van der Waals surface area contributed by atoms with Crippen LogP contribution in [0.15, 0.2) is 18.2 Å². The van der Waals surface area contributed by atoms with Crippen molar-refractivity contribution in [3.05, 3.63) is 29.6 Å². The number of rotatable bonds is 16. The quantitative estimate of drug-likeness (QED) is 0.321. The van der Waals surface area contributed by atoms with Gasteiger partial charge in [-0.05, 0) is 63.9 Å². The van der Waals surface area contributed by atoms with Crippen LogP contribution in [-0.4, -0.2) is 38.8 Å². The minimum Gasteiger partial charge on any atom is -0.491 e. The number of esters is 1. The van der Waals surface area contributed by atoms with Gasteiger partial charge in [0, 0.05) is 6.04 Å². The summed E-state index contributed by atoms with van der Waals surface area (Å²) < 4.78 is 24.1. The van der Waals surface area contributed by atoms with Crippen molar-refractivity contribution < 1.29 is 18.7 Å². The Morgan fingerprint density at radius 1 is 1.11 bits per heavy atom. The van der Waals surface area contributed by atoms with E-state index in [1.165, 1.54) is 18.9 Å². The number of carbonyl (C=O) groups is 1. The molecule has 0 spiro atoms. The van der Waals surface area contributed by atoms with Gasteiger partial charge in [0.05, 0.1) is 19.8 Å². The molecule has 28 heavy (non-hydrogen) atoms. The third-order valence-electron chi connectivity index (χ3n) is 4.47. The Kier molecular flexibility index (Phi) is 13.3. The molecule has 160 valence electrons. The van der Waals surface area contributed by atoms with Crippen molar-refractivity contribution in [3.8, 4) is 5.75 Å². The van der Waals surface area contributed by atoms with Crippen molar-refractivity contribution in [1.82, 2.24) is 10.6 Å². The van der Waals surface area contributed by atoms with Crippen molar-refractivity contribution in [2.75, 3.05) is 32.8 Å². The summed E-state index contributed by atoms with van der Waals surface area (Å²) in [7, 11) is 0. The number of hydrogen-bond acceptors (Lipinski definition) is 5. The van der Waals surface area contributed by atoms with Gasteiger partial charge < -0.3 is 20.1 Å². The SMILES string of the molecule is CCCOc1cc([C@H](C)NCCCCCCCNCC(=O)OCC)ccc1F. The van der Waals surface area contributed by atoms with E-state index in [1.807, 2.05) is 19.9 Å². The highest BCUT2D eigenvalue weighted by Gasteiger charge is 2.09. The normalized spacial score (nSPS) is 12.0. The number of carbonyl (C=O) groups excluding carboxylic acids is 1. The van der Waals surface area contributed by atoms with Crippen LogP contribution in [0.5, 0.6) is 5.75 Å². The fourth-order valence-electron chi connectivity index (χ4n) is 2.86. The second-order valence-corrected chi connectivity index (χ2v) is 6.96. The Morgan fingerprint density at radius 3 is 2.54 bits per heavy atom. The first-order valence-corrected chi connectivity index (χ1v) is 10.6. The van der Waals surface area contributed by atoms with Crippen LogP contribution in [0.3, 0.4) is 0 Å². The lowest BCUT2D eigenvalue weighted by Crippen LogP contribution is -2.25. The van der Waals surface area contributed by atoms with Gasteiger partial charge >= 0.3 is 5.97 Å². The van der Waals surface area contributed by atoms with Gasteiger partial charge in [0.2, 0.25) is 0 Å². The molecule has 0 saturated carbocycles. The molecule has 0 aliphatic heterocycles. The van der Waals surface area contributed by atoms with Gasteiger partial charge in [-0.25, -0.2) is 4.39 Å². The predicted molar refractivity (Wildman–Crippen MR) is 111 cm³/mol. The Bertz CT molecular complexity index is 555. The summed E-state index contributed by atoms with van der Waals surface area (Å²) in [4.78, 5) is 11.2. The van der Waals surface area contributed by atoms with Crippen LogP contribution in [0.4, 0.5) is 4.39 Å². The summed E-state index contributed by atoms with van der Waals surface area (Å²) >= 11 is 0. The molecule has 0 radical (unpaired) electrons. The zero-order valence-corrected chi connectivity index (χ0v) is 17.7. The number of ether oxygens (including phenoxy) is 2. The first-order chi connectivity index (χ1) is 13.6. The maximum absolute atomic E-state index is 13.8. The van der Waals surface area contributed by atoms with Crippen LogP contribution in [0.25, 0.3) is 0 Å². The Morgan fingerprint density at radius 2 is 1.82 bits per heavy atom. The molecule has 0 unspecified atom stereocenters. The molecule has 0 fully saturated rings. The van der Waals surface area contributed by atoms with E-state index in [1.54, 1.807) is 6.07 Å². The van der Waals surface area contributed by atoms with Gasteiger partial charge in [-0.2, -0.15) is 0 Å². The maximum Gasteiger partial charge on any atom is 0.319 e. The lowest BCUT2D eigenvalue weighted by Gasteiger charge is -2.16. The highest BCUT2D eigenvalue weighted by atomic mass is 19.1. The van der Waals surface area contributed by atoms with Crippen LogP contribution in [0.1, 0.15) is 70.9 Å². The lowest BCUT2D eigenvalue weighted by molar-refractivity contribution is -0.141. The molecule has 0 saturated heterocycles. The highest BCUT2D eigenvalue weighted by molar-refractivity contribution is 5.71. The molecule has 2 N–H and O–H groups in total. The van der Waals surface area contributed by atoms with Crippen LogP contribution in [0, 0.1) is 5.82 Å². The zero-order valence-electron chi connectivity index (χ0n) is 17.7. The predicted octanol–water partition coefficient (Wildman–Crippen LogP) is 4.37. The van der Waals surface area contributed by atoms with Gasteiger partial charge in [-0.3, -0.25) is 4.79 Å². The molecule has 0 bridgehead atoms. The Labute approximate surface area is 169 Å². The average molecular weight is 397 g/mol. The molecule has 0 amide bonds. The summed E-state index contributed by atoms with van der Waals surface area (Å²) in [6.45, 7) is 8.95. The number of hydrogen-bond donors (Lipinski definition) is 2. The molecule has 1 rings (SSSR count). The van der Waals surface area contributed by atoms with E-state index in [2.05, 4.69) is 17.6 Å². The van der Waals surface area contributed by atoms with Gasteiger partial charge in [-0.15, -0.1) is 0 Å². The molecule has 5 nitrogen and oxygen atoms in total. The molecule has 0 aromatic heterocycles. The summed E-state index contributed by atoms with van der Waals surface area (Å²) in [5.41, 5.74) is 1.04. The molecule has 1 aromatic rings. The molecular formula is C22H37FN2O3. The van der Waals surface area contributed by atoms with E-state index in [0.29, 0.717) is 25.5 Å². The smallest absolute Gasteiger partial charge is 0.319 e. The van der Waals surface area contributed by atoms with Crippen LogP contribution in [0.2, 0.25) is 0 Å². The topological polar surface area (TPSA) is 59.6 Å².